The smallest absolute Gasteiger partial charge is 0.227 e. The molecule has 0 saturated heterocycles. The van der Waals surface area contributed by atoms with Crippen LogP contribution >= 0.6 is 15.9 Å². The number of hydrogen-bond donors (Lipinski definition) is 1. The zero-order valence-electron chi connectivity index (χ0n) is 10.7. The van der Waals surface area contributed by atoms with Crippen molar-refractivity contribution in [3.05, 3.63) is 45.9 Å². The van der Waals surface area contributed by atoms with Gasteiger partial charge in [0.1, 0.15) is 5.52 Å². The summed E-state index contributed by atoms with van der Waals surface area (Å²) in [4.78, 5) is 4.53. The molecule has 0 spiro atoms. The van der Waals surface area contributed by atoms with Gasteiger partial charge in [0.2, 0.25) is 5.89 Å². The van der Waals surface area contributed by atoms with Gasteiger partial charge in [-0.1, -0.05) is 33.6 Å². The first kappa shape index (κ1) is 12.2. The lowest BCUT2D eigenvalue weighted by molar-refractivity contribution is 0.620. The van der Waals surface area contributed by atoms with E-state index in [2.05, 4.69) is 46.0 Å². The molecule has 0 aliphatic carbocycles. The Balaban J connectivity index is 2.26. The normalized spacial score (nSPS) is 11.1. The minimum atomic E-state index is 0.591. The highest BCUT2D eigenvalue weighted by Crippen LogP contribution is 2.32. The van der Waals surface area contributed by atoms with Gasteiger partial charge in [-0.25, -0.2) is 4.98 Å². The number of hydrogen-bond acceptors (Lipinski definition) is 3. The van der Waals surface area contributed by atoms with Crippen LogP contribution < -0.4 is 5.73 Å². The van der Waals surface area contributed by atoms with Crippen LogP contribution in [0.4, 0.5) is 5.69 Å². The molecule has 19 heavy (non-hydrogen) atoms. The van der Waals surface area contributed by atoms with Gasteiger partial charge >= 0.3 is 0 Å². The topological polar surface area (TPSA) is 52.0 Å². The standard InChI is InChI=1S/C15H13BrN2O/c1-8-3-4-9(2)11(5-8)15-18-13-7-10(16)6-12(17)14(13)19-15/h3-7H,17H2,1-2H3. The van der Waals surface area contributed by atoms with Crippen molar-refractivity contribution in [1.82, 2.24) is 4.98 Å². The number of nitrogens with two attached hydrogens (primary N) is 1. The first-order valence-corrected chi connectivity index (χ1v) is 6.77. The van der Waals surface area contributed by atoms with E-state index in [1.165, 1.54) is 5.56 Å². The molecule has 3 rings (SSSR count). The van der Waals surface area contributed by atoms with Crippen LogP contribution in [0.2, 0.25) is 0 Å². The number of anilines is 1. The Bertz CT molecular complexity index is 777. The summed E-state index contributed by atoms with van der Waals surface area (Å²) in [6, 6.07) is 9.95. The molecule has 2 aromatic carbocycles. The fraction of sp³-hybridized carbons (Fsp3) is 0.133. The first-order valence-electron chi connectivity index (χ1n) is 5.98. The van der Waals surface area contributed by atoms with Crippen molar-refractivity contribution in [3.63, 3.8) is 0 Å². The second-order valence-electron chi connectivity index (χ2n) is 4.68. The number of oxazole rings is 1. The van der Waals surface area contributed by atoms with Crippen LogP contribution in [0.1, 0.15) is 11.1 Å². The Labute approximate surface area is 119 Å². The lowest BCUT2D eigenvalue weighted by Crippen LogP contribution is -1.84. The molecule has 96 valence electrons. The third-order valence-corrected chi connectivity index (χ3v) is 3.56. The third-order valence-electron chi connectivity index (χ3n) is 3.11. The van der Waals surface area contributed by atoms with Gasteiger partial charge in [0.05, 0.1) is 5.69 Å². The average Bonchev–Trinajstić information content (AvgIpc) is 2.76. The molecule has 2 N–H and O–H groups in total. The van der Waals surface area contributed by atoms with E-state index in [-0.39, 0.29) is 0 Å². The molecule has 1 heterocycles. The highest BCUT2D eigenvalue weighted by molar-refractivity contribution is 9.10. The van der Waals surface area contributed by atoms with Crippen LogP contribution in [0, 0.1) is 13.8 Å². The second-order valence-corrected chi connectivity index (χ2v) is 5.60. The van der Waals surface area contributed by atoms with Gasteiger partial charge in [0, 0.05) is 10.0 Å². The Morgan fingerprint density at radius 2 is 1.95 bits per heavy atom. The van der Waals surface area contributed by atoms with Crippen molar-refractivity contribution < 1.29 is 4.42 Å². The van der Waals surface area contributed by atoms with Gasteiger partial charge in [0.25, 0.3) is 0 Å². The number of nitrogens with zero attached hydrogens (tertiary/aromatic N) is 1. The van der Waals surface area contributed by atoms with Gasteiger partial charge in [-0.05, 0) is 37.6 Å². The van der Waals surface area contributed by atoms with Crippen molar-refractivity contribution >= 4 is 32.7 Å². The van der Waals surface area contributed by atoms with Gasteiger partial charge in [-0.3, -0.25) is 0 Å². The van der Waals surface area contributed by atoms with Gasteiger partial charge in [-0.15, -0.1) is 0 Å². The Morgan fingerprint density at radius 1 is 1.16 bits per heavy atom. The van der Waals surface area contributed by atoms with Crippen molar-refractivity contribution in [1.29, 1.82) is 0 Å². The predicted octanol–water partition coefficient (Wildman–Crippen LogP) is 4.46. The summed E-state index contributed by atoms with van der Waals surface area (Å²) in [6.45, 7) is 4.10. The number of nitrogen functional groups attached to an aromatic ring is 1. The quantitative estimate of drug-likeness (QED) is 0.674. The highest BCUT2D eigenvalue weighted by Gasteiger charge is 2.13. The molecule has 0 saturated carbocycles. The van der Waals surface area contributed by atoms with Gasteiger partial charge < -0.3 is 10.2 Å². The monoisotopic (exact) mass is 316 g/mol. The predicted molar refractivity (Wildman–Crippen MR) is 81.0 cm³/mol. The fourth-order valence-electron chi connectivity index (χ4n) is 2.10. The first-order chi connectivity index (χ1) is 9.04. The molecule has 0 atom stereocenters. The van der Waals surface area contributed by atoms with Crippen LogP contribution in [-0.4, -0.2) is 4.98 Å². The number of rotatable bonds is 1. The maximum absolute atomic E-state index is 5.95. The summed E-state index contributed by atoms with van der Waals surface area (Å²) in [5.41, 5.74) is 11.3. The van der Waals surface area contributed by atoms with Crippen molar-refractivity contribution in [2.75, 3.05) is 5.73 Å². The Hall–Kier alpha value is -1.81. The zero-order valence-corrected chi connectivity index (χ0v) is 12.3. The average molecular weight is 317 g/mol. The molecule has 0 unspecified atom stereocenters. The maximum Gasteiger partial charge on any atom is 0.227 e. The molecule has 0 bridgehead atoms. The molecular formula is C15H13BrN2O. The third kappa shape index (κ3) is 2.12. The van der Waals surface area contributed by atoms with Crippen LogP contribution in [0.5, 0.6) is 0 Å². The zero-order chi connectivity index (χ0) is 13.6. The minimum Gasteiger partial charge on any atom is -0.434 e. The summed E-state index contributed by atoms with van der Waals surface area (Å²) < 4.78 is 6.72. The molecule has 0 aliphatic heterocycles. The molecule has 0 amide bonds. The molecule has 3 nitrogen and oxygen atoms in total. The summed E-state index contributed by atoms with van der Waals surface area (Å²) in [6.07, 6.45) is 0. The summed E-state index contributed by atoms with van der Waals surface area (Å²) in [7, 11) is 0. The molecule has 0 aliphatic rings. The van der Waals surface area contributed by atoms with Crippen molar-refractivity contribution in [3.8, 4) is 11.5 Å². The van der Waals surface area contributed by atoms with Crippen molar-refractivity contribution in [2.24, 2.45) is 0 Å². The van der Waals surface area contributed by atoms with E-state index in [0.29, 0.717) is 17.2 Å². The lowest BCUT2D eigenvalue weighted by Gasteiger charge is -2.02. The van der Waals surface area contributed by atoms with E-state index in [1.807, 2.05) is 19.1 Å². The number of aryl methyl sites for hydroxylation is 2. The Kier molecular flexibility index (Phi) is 2.82. The lowest BCUT2D eigenvalue weighted by atomic mass is 10.1. The van der Waals surface area contributed by atoms with E-state index in [9.17, 15) is 0 Å². The van der Waals surface area contributed by atoms with Gasteiger partial charge in [0.15, 0.2) is 5.58 Å². The maximum atomic E-state index is 5.95. The second kappa shape index (κ2) is 4.38. The van der Waals surface area contributed by atoms with Crippen molar-refractivity contribution in [2.45, 2.75) is 13.8 Å². The number of benzene rings is 2. The number of halogens is 1. The minimum absolute atomic E-state index is 0.591. The largest absolute Gasteiger partial charge is 0.434 e. The molecular weight excluding hydrogens is 304 g/mol. The molecule has 4 heteroatoms. The molecule has 3 aromatic rings. The van der Waals surface area contributed by atoms with Crippen LogP contribution in [0.3, 0.4) is 0 Å². The molecule has 0 fully saturated rings. The van der Waals surface area contributed by atoms with Crippen LogP contribution in [0.25, 0.3) is 22.6 Å². The van der Waals surface area contributed by atoms with E-state index >= 15 is 0 Å². The fourth-order valence-corrected chi connectivity index (χ4v) is 2.57. The van der Waals surface area contributed by atoms with E-state index in [1.54, 1.807) is 0 Å². The van der Waals surface area contributed by atoms with E-state index in [4.69, 9.17) is 10.2 Å². The highest BCUT2D eigenvalue weighted by atomic mass is 79.9. The molecule has 0 radical (unpaired) electrons. The van der Waals surface area contributed by atoms with E-state index in [0.717, 1.165) is 21.1 Å². The van der Waals surface area contributed by atoms with E-state index < -0.39 is 0 Å². The number of fused-ring (bicyclic) bond motifs is 1. The van der Waals surface area contributed by atoms with Crippen LogP contribution in [-0.2, 0) is 0 Å². The molecule has 1 aromatic heterocycles. The summed E-state index contributed by atoms with van der Waals surface area (Å²) in [5.74, 6) is 0.612. The van der Waals surface area contributed by atoms with Crippen LogP contribution in [0.15, 0.2) is 39.2 Å². The SMILES string of the molecule is Cc1ccc(C)c(-c2nc3cc(Br)cc(N)c3o2)c1. The summed E-state index contributed by atoms with van der Waals surface area (Å²) in [5, 5.41) is 0. The summed E-state index contributed by atoms with van der Waals surface area (Å²) >= 11 is 3.41. The Morgan fingerprint density at radius 3 is 2.74 bits per heavy atom. The number of aromatic nitrogens is 1. The van der Waals surface area contributed by atoms with Gasteiger partial charge in [-0.2, -0.15) is 0 Å².